The van der Waals surface area contributed by atoms with Crippen molar-refractivity contribution in [2.75, 3.05) is 19.6 Å². The van der Waals surface area contributed by atoms with Crippen LogP contribution in [0.25, 0.3) is 0 Å². The number of amides is 1. The molecule has 1 aliphatic heterocycles. The van der Waals surface area contributed by atoms with Gasteiger partial charge in [-0.3, -0.25) is 14.5 Å². The Hall–Kier alpha value is -1.54. The highest BCUT2D eigenvalue weighted by Gasteiger charge is 2.34. The Labute approximate surface area is 114 Å². The van der Waals surface area contributed by atoms with Gasteiger partial charge in [-0.2, -0.15) is 0 Å². The van der Waals surface area contributed by atoms with Crippen molar-refractivity contribution in [3.05, 3.63) is 0 Å². The molecule has 0 bridgehead atoms. The SMILES string of the molecule is C#CCNC(=O)CN1CCC[C@@H]1C(=O)OC(C)(C)C. The van der Waals surface area contributed by atoms with Crippen molar-refractivity contribution < 1.29 is 14.3 Å². The number of nitrogens with one attached hydrogen (secondary N) is 1. The molecule has 1 saturated heterocycles. The number of ether oxygens (including phenoxy) is 1. The van der Waals surface area contributed by atoms with Crippen LogP contribution in [0.3, 0.4) is 0 Å². The quantitative estimate of drug-likeness (QED) is 0.596. The van der Waals surface area contributed by atoms with E-state index in [4.69, 9.17) is 11.2 Å². The Morgan fingerprint density at radius 2 is 2.16 bits per heavy atom. The third kappa shape index (κ3) is 5.31. The first kappa shape index (κ1) is 15.5. The number of hydrogen-bond acceptors (Lipinski definition) is 4. The number of carbonyl (C=O) groups excluding carboxylic acids is 2. The Kier molecular flexibility index (Phi) is 5.37. The molecule has 1 fully saturated rings. The van der Waals surface area contributed by atoms with Gasteiger partial charge in [-0.25, -0.2) is 0 Å². The lowest BCUT2D eigenvalue weighted by Gasteiger charge is -2.26. The van der Waals surface area contributed by atoms with E-state index in [1.54, 1.807) is 0 Å². The van der Waals surface area contributed by atoms with Crippen LogP contribution in [0.1, 0.15) is 33.6 Å². The van der Waals surface area contributed by atoms with Crippen molar-refractivity contribution in [1.29, 1.82) is 0 Å². The molecule has 1 atom stereocenters. The van der Waals surface area contributed by atoms with E-state index in [0.29, 0.717) is 0 Å². The van der Waals surface area contributed by atoms with E-state index in [0.717, 1.165) is 19.4 Å². The van der Waals surface area contributed by atoms with Crippen LogP contribution >= 0.6 is 0 Å². The minimum Gasteiger partial charge on any atom is -0.459 e. The van der Waals surface area contributed by atoms with Crippen LogP contribution in [0.2, 0.25) is 0 Å². The van der Waals surface area contributed by atoms with Crippen LogP contribution in [0.5, 0.6) is 0 Å². The molecule has 5 nitrogen and oxygen atoms in total. The summed E-state index contributed by atoms with van der Waals surface area (Å²) in [5, 5.41) is 2.60. The Morgan fingerprint density at radius 1 is 1.47 bits per heavy atom. The summed E-state index contributed by atoms with van der Waals surface area (Å²) in [4.78, 5) is 25.5. The van der Waals surface area contributed by atoms with Gasteiger partial charge in [0.15, 0.2) is 0 Å². The van der Waals surface area contributed by atoms with Gasteiger partial charge in [0.05, 0.1) is 13.1 Å². The number of rotatable bonds is 4. The molecule has 0 aromatic carbocycles. The van der Waals surface area contributed by atoms with Crippen molar-refractivity contribution in [2.24, 2.45) is 0 Å². The lowest BCUT2D eigenvalue weighted by atomic mass is 10.1. The Morgan fingerprint density at radius 3 is 2.74 bits per heavy atom. The maximum absolute atomic E-state index is 12.0. The smallest absolute Gasteiger partial charge is 0.323 e. The van der Waals surface area contributed by atoms with E-state index in [1.807, 2.05) is 25.7 Å². The average Bonchev–Trinajstić information content (AvgIpc) is 2.72. The van der Waals surface area contributed by atoms with Crippen molar-refractivity contribution >= 4 is 11.9 Å². The molecule has 0 unspecified atom stereocenters. The van der Waals surface area contributed by atoms with Gasteiger partial charge in [0.2, 0.25) is 5.91 Å². The van der Waals surface area contributed by atoms with E-state index in [9.17, 15) is 9.59 Å². The lowest BCUT2D eigenvalue weighted by Crippen LogP contribution is -2.45. The molecule has 0 saturated carbocycles. The van der Waals surface area contributed by atoms with Crippen LogP contribution in [-0.4, -0.2) is 48.1 Å². The third-order valence-corrected chi connectivity index (χ3v) is 2.78. The highest BCUT2D eigenvalue weighted by molar-refractivity contribution is 5.81. The van der Waals surface area contributed by atoms with Crippen LogP contribution < -0.4 is 5.32 Å². The molecule has 1 amide bonds. The normalized spacial score (nSPS) is 19.8. The molecule has 19 heavy (non-hydrogen) atoms. The number of nitrogens with zero attached hydrogens (tertiary/aromatic N) is 1. The van der Waals surface area contributed by atoms with Crippen molar-refractivity contribution in [3.63, 3.8) is 0 Å². The second-order valence-electron chi connectivity index (χ2n) is 5.64. The fourth-order valence-corrected chi connectivity index (χ4v) is 2.04. The zero-order chi connectivity index (χ0) is 14.5. The summed E-state index contributed by atoms with van der Waals surface area (Å²) < 4.78 is 5.37. The predicted octanol–water partition coefficient (Wildman–Crippen LogP) is 0.542. The zero-order valence-corrected chi connectivity index (χ0v) is 11.9. The number of terminal acetylenes is 1. The molecule has 0 radical (unpaired) electrons. The molecule has 5 heteroatoms. The molecule has 1 rings (SSSR count). The van der Waals surface area contributed by atoms with E-state index in [2.05, 4.69) is 11.2 Å². The van der Waals surface area contributed by atoms with Gasteiger partial charge in [0.1, 0.15) is 11.6 Å². The van der Waals surface area contributed by atoms with Crippen LogP contribution in [-0.2, 0) is 14.3 Å². The average molecular weight is 266 g/mol. The molecule has 1 heterocycles. The van der Waals surface area contributed by atoms with Gasteiger partial charge in [-0.05, 0) is 40.2 Å². The van der Waals surface area contributed by atoms with Crippen molar-refractivity contribution in [2.45, 2.75) is 45.3 Å². The minimum absolute atomic E-state index is 0.159. The standard InChI is InChI=1S/C14H22N2O3/c1-5-8-15-12(17)10-16-9-6-7-11(16)13(18)19-14(2,3)4/h1,11H,6-10H2,2-4H3,(H,15,17)/t11-/m1/s1. The third-order valence-electron chi connectivity index (χ3n) is 2.78. The second kappa shape index (κ2) is 6.58. The summed E-state index contributed by atoms with van der Waals surface area (Å²) in [6, 6.07) is -0.323. The van der Waals surface area contributed by atoms with Crippen molar-refractivity contribution in [3.8, 4) is 12.3 Å². The van der Waals surface area contributed by atoms with Crippen LogP contribution in [0.15, 0.2) is 0 Å². The van der Waals surface area contributed by atoms with Crippen molar-refractivity contribution in [1.82, 2.24) is 10.2 Å². The summed E-state index contributed by atoms with van der Waals surface area (Å²) in [7, 11) is 0. The molecule has 0 spiro atoms. The fourth-order valence-electron chi connectivity index (χ4n) is 2.04. The fraction of sp³-hybridized carbons (Fsp3) is 0.714. The summed E-state index contributed by atoms with van der Waals surface area (Å²) >= 11 is 0. The largest absolute Gasteiger partial charge is 0.459 e. The highest BCUT2D eigenvalue weighted by Crippen LogP contribution is 2.20. The molecular weight excluding hydrogens is 244 g/mol. The van der Waals surface area contributed by atoms with E-state index >= 15 is 0 Å². The Bertz CT molecular complexity index is 379. The van der Waals surface area contributed by atoms with Gasteiger partial charge in [-0.1, -0.05) is 5.92 Å². The summed E-state index contributed by atoms with van der Waals surface area (Å²) in [5.41, 5.74) is -0.503. The summed E-state index contributed by atoms with van der Waals surface area (Å²) in [6.45, 7) is 6.64. The van der Waals surface area contributed by atoms with Crippen LogP contribution in [0, 0.1) is 12.3 Å². The topological polar surface area (TPSA) is 58.6 Å². The van der Waals surface area contributed by atoms with Gasteiger partial charge >= 0.3 is 5.97 Å². The van der Waals surface area contributed by atoms with Crippen LogP contribution in [0.4, 0.5) is 0 Å². The van der Waals surface area contributed by atoms with Gasteiger partial charge in [-0.15, -0.1) is 6.42 Å². The van der Waals surface area contributed by atoms with Gasteiger partial charge in [0.25, 0.3) is 0 Å². The lowest BCUT2D eigenvalue weighted by molar-refractivity contribution is -0.160. The predicted molar refractivity (Wildman–Crippen MR) is 72.3 cm³/mol. The zero-order valence-electron chi connectivity index (χ0n) is 11.9. The molecule has 0 aliphatic carbocycles. The monoisotopic (exact) mass is 266 g/mol. The first-order valence-corrected chi connectivity index (χ1v) is 6.50. The molecule has 0 aromatic heterocycles. The van der Waals surface area contributed by atoms with E-state index < -0.39 is 5.60 Å². The maximum Gasteiger partial charge on any atom is 0.323 e. The van der Waals surface area contributed by atoms with E-state index in [-0.39, 0.29) is 31.0 Å². The number of carbonyl (C=O) groups is 2. The molecule has 0 aromatic rings. The summed E-state index contributed by atoms with van der Waals surface area (Å²) in [5.74, 6) is 1.93. The number of hydrogen-bond donors (Lipinski definition) is 1. The molecule has 1 N–H and O–H groups in total. The molecular formula is C14H22N2O3. The van der Waals surface area contributed by atoms with Gasteiger partial charge in [0, 0.05) is 0 Å². The minimum atomic E-state index is -0.503. The second-order valence-corrected chi connectivity index (χ2v) is 5.64. The van der Waals surface area contributed by atoms with Gasteiger partial charge < -0.3 is 10.1 Å². The number of likely N-dealkylation sites (tertiary alicyclic amines) is 1. The first-order chi connectivity index (χ1) is 8.83. The Balaban J connectivity index is 2.52. The summed E-state index contributed by atoms with van der Waals surface area (Å²) in [6.07, 6.45) is 6.71. The number of esters is 1. The highest BCUT2D eigenvalue weighted by atomic mass is 16.6. The molecule has 106 valence electrons. The maximum atomic E-state index is 12.0. The van der Waals surface area contributed by atoms with E-state index in [1.165, 1.54) is 0 Å². The first-order valence-electron chi connectivity index (χ1n) is 6.50. The molecule has 1 aliphatic rings.